The first kappa shape index (κ1) is 8.99. The molecule has 1 heterocycles. The van der Waals surface area contributed by atoms with Crippen LogP contribution in [0, 0.1) is 0 Å². The van der Waals surface area contributed by atoms with Gasteiger partial charge in [-0.3, -0.25) is 0 Å². The second-order valence-corrected chi connectivity index (χ2v) is 5.09. The summed E-state index contributed by atoms with van der Waals surface area (Å²) in [4.78, 5) is 4.06. The van der Waals surface area contributed by atoms with Crippen molar-refractivity contribution in [1.29, 1.82) is 0 Å². The molecule has 1 aromatic rings. The highest BCUT2D eigenvalue weighted by Gasteiger charge is 1.95. The van der Waals surface area contributed by atoms with Gasteiger partial charge in [-0.15, -0.1) is 5.16 Å². The Morgan fingerprint density at radius 1 is 1.67 bits per heavy atom. The summed E-state index contributed by atoms with van der Waals surface area (Å²) in [6, 6.07) is 0. The van der Waals surface area contributed by atoms with Crippen LogP contribution in [-0.4, -0.2) is 24.8 Å². The zero-order chi connectivity index (χ0) is 8.97. The molecule has 66 valence electrons. The third-order valence-electron chi connectivity index (χ3n) is 1.30. The number of imidazole rings is 1. The Morgan fingerprint density at radius 3 is 2.92 bits per heavy atom. The van der Waals surface area contributed by atoms with Gasteiger partial charge in [0.05, 0.1) is 0 Å². The average Bonchev–Trinajstić information content (AvgIpc) is 2.36. The van der Waals surface area contributed by atoms with Gasteiger partial charge in [-0.1, -0.05) is 0 Å². The van der Waals surface area contributed by atoms with Crippen LogP contribution >= 0.6 is 0 Å². The maximum atomic E-state index is 5.13. The van der Waals surface area contributed by atoms with Crippen molar-refractivity contribution in [3.63, 3.8) is 0 Å². The Balaban J connectivity index is 2.52. The molecule has 12 heavy (non-hydrogen) atoms. The smallest absolute Gasteiger partial charge is 0.266 e. The van der Waals surface area contributed by atoms with Crippen LogP contribution in [0.4, 0.5) is 0 Å². The first-order valence-electron chi connectivity index (χ1n) is 3.86. The first-order chi connectivity index (χ1) is 5.70. The highest BCUT2D eigenvalue weighted by atomic mass is 28.3. The first-order valence-corrected chi connectivity index (χ1v) is 6.64. The van der Waals surface area contributed by atoms with Gasteiger partial charge in [-0.25, -0.2) is 4.98 Å². The Labute approximate surface area is 73.6 Å². The van der Waals surface area contributed by atoms with Crippen molar-refractivity contribution >= 4 is 15.3 Å². The fourth-order valence-corrected chi connectivity index (χ4v) is 1.01. The van der Waals surface area contributed by atoms with Gasteiger partial charge in [0, 0.05) is 19.4 Å². The largest absolute Gasteiger partial charge is 0.459 e. The predicted molar refractivity (Wildman–Crippen MR) is 50.8 cm³/mol. The molecule has 0 radical (unpaired) electrons. The fourth-order valence-electron chi connectivity index (χ4n) is 0.701. The molecule has 0 saturated carbocycles. The molecular weight excluding hydrogens is 170 g/mol. The molecule has 0 unspecified atom stereocenters. The minimum absolute atomic E-state index is 0.810. The number of oxime groups is 1. The van der Waals surface area contributed by atoms with E-state index in [0.29, 0.717) is 0 Å². The summed E-state index contributed by atoms with van der Waals surface area (Å²) in [7, 11) is 0.875. The van der Waals surface area contributed by atoms with E-state index in [2.05, 4.69) is 23.2 Å². The molecular formula is C7H13N3OSi. The molecule has 0 amide bonds. The Kier molecular flexibility index (Phi) is 3.04. The highest BCUT2D eigenvalue weighted by Crippen LogP contribution is 1.90. The zero-order valence-electron chi connectivity index (χ0n) is 7.56. The maximum absolute atomic E-state index is 5.13. The van der Waals surface area contributed by atoms with E-state index in [1.807, 2.05) is 17.8 Å². The lowest BCUT2D eigenvalue weighted by Gasteiger charge is -1.99. The van der Waals surface area contributed by atoms with E-state index in [-0.39, 0.29) is 0 Å². The number of aryl methyl sites for hydroxylation is 1. The molecule has 0 N–H and O–H groups in total. The summed E-state index contributed by atoms with van der Waals surface area (Å²) in [6.07, 6.45) is 5.23. The van der Waals surface area contributed by atoms with E-state index in [9.17, 15) is 0 Å². The molecule has 0 fully saturated rings. The fraction of sp³-hybridized carbons (Fsp3) is 0.429. The van der Waals surface area contributed by atoms with Crippen molar-refractivity contribution < 1.29 is 4.53 Å². The third kappa shape index (κ3) is 2.50. The van der Waals surface area contributed by atoms with Crippen molar-refractivity contribution in [1.82, 2.24) is 9.55 Å². The predicted octanol–water partition coefficient (Wildman–Crippen LogP) is 0.754. The molecule has 0 aromatic carbocycles. The van der Waals surface area contributed by atoms with Gasteiger partial charge in [0.2, 0.25) is 0 Å². The topological polar surface area (TPSA) is 39.4 Å². The van der Waals surface area contributed by atoms with Gasteiger partial charge < -0.3 is 9.09 Å². The van der Waals surface area contributed by atoms with Gasteiger partial charge >= 0.3 is 0 Å². The van der Waals surface area contributed by atoms with Crippen LogP contribution in [-0.2, 0) is 11.6 Å². The third-order valence-corrected chi connectivity index (χ3v) is 1.84. The van der Waals surface area contributed by atoms with E-state index in [1.165, 1.54) is 0 Å². The zero-order valence-corrected chi connectivity index (χ0v) is 8.71. The van der Waals surface area contributed by atoms with E-state index in [1.54, 1.807) is 12.4 Å². The number of aromatic nitrogens is 2. The van der Waals surface area contributed by atoms with Crippen molar-refractivity contribution in [2.75, 3.05) is 0 Å². The molecule has 0 bridgehead atoms. The molecule has 0 atom stereocenters. The van der Waals surface area contributed by atoms with Crippen LogP contribution in [0.3, 0.4) is 0 Å². The molecule has 0 spiro atoms. The molecule has 0 aliphatic heterocycles. The van der Waals surface area contributed by atoms with Gasteiger partial charge in [0.25, 0.3) is 9.04 Å². The Morgan fingerprint density at radius 2 is 2.42 bits per heavy atom. The van der Waals surface area contributed by atoms with Crippen molar-refractivity contribution in [3.8, 4) is 0 Å². The monoisotopic (exact) mass is 183 g/mol. The van der Waals surface area contributed by atoms with Gasteiger partial charge in [-0.05, 0) is 13.1 Å². The molecule has 0 aliphatic carbocycles. The molecule has 4 nitrogen and oxygen atoms in total. The minimum Gasteiger partial charge on any atom is -0.459 e. The summed E-state index contributed by atoms with van der Waals surface area (Å²) in [5, 5.41) is 3.83. The van der Waals surface area contributed by atoms with Crippen molar-refractivity contribution in [2.45, 2.75) is 13.1 Å². The van der Waals surface area contributed by atoms with Crippen molar-refractivity contribution in [2.24, 2.45) is 12.2 Å². The number of rotatable bonds is 3. The van der Waals surface area contributed by atoms with E-state index < -0.39 is 9.04 Å². The maximum Gasteiger partial charge on any atom is 0.266 e. The number of hydrogen-bond donors (Lipinski definition) is 0. The van der Waals surface area contributed by atoms with E-state index >= 15 is 0 Å². The van der Waals surface area contributed by atoms with E-state index in [4.69, 9.17) is 4.53 Å². The van der Waals surface area contributed by atoms with Crippen LogP contribution < -0.4 is 0 Å². The molecule has 0 saturated heterocycles. The van der Waals surface area contributed by atoms with Crippen molar-refractivity contribution in [3.05, 3.63) is 18.2 Å². The average molecular weight is 183 g/mol. The summed E-state index contributed by atoms with van der Waals surface area (Å²) < 4.78 is 7.01. The van der Waals surface area contributed by atoms with Gasteiger partial charge in [0.15, 0.2) is 5.82 Å². The second kappa shape index (κ2) is 4.06. The molecule has 1 aromatic heterocycles. The molecule has 1 rings (SSSR count). The van der Waals surface area contributed by atoms with Gasteiger partial charge in [0.1, 0.15) is 6.21 Å². The van der Waals surface area contributed by atoms with Crippen LogP contribution in [0.1, 0.15) is 5.82 Å². The Hall–Kier alpha value is -1.10. The van der Waals surface area contributed by atoms with Gasteiger partial charge in [-0.2, -0.15) is 0 Å². The number of nitrogens with zero attached hydrogens (tertiary/aromatic N) is 3. The summed E-state index contributed by atoms with van der Waals surface area (Å²) in [5.41, 5.74) is 0. The molecule has 0 aliphatic rings. The second-order valence-electron chi connectivity index (χ2n) is 2.79. The Bertz CT molecular complexity index is 269. The summed E-state index contributed by atoms with van der Waals surface area (Å²) >= 11 is 0. The van der Waals surface area contributed by atoms with Crippen LogP contribution in [0.15, 0.2) is 17.5 Å². The van der Waals surface area contributed by atoms with E-state index in [0.717, 1.165) is 5.82 Å². The lowest BCUT2D eigenvalue weighted by atomic mass is 10.7. The summed E-state index contributed by atoms with van der Waals surface area (Å²) in [6.45, 7) is 4.13. The summed E-state index contributed by atoms with van der Waals surface area (Å²) in [5.74, 6) is 0.810. The lowest BCUT2D eigenvalue weighted by molar-refractivity contribution is 0.354. The van der Waals surface area contributed by atoms with Crippen LogP contribution in [0.5, 0.6) is 0 Å². The lowest BCUT2D eigenvalue weighted by Crippen LogP contribution is -2.03. The molecule has 5 heteroatoms. The van der Waals surface area contributed by atoms with Crippen LogP contribution in [0.2, 0.25) is 13.1 Å². The standard InChI is InChI=1S/C7H13N3OSi/c1-10-5-4-8-7(10)6-9-11-12(2)3/h4-6,12H,1-3H3. The number of hydrogen-bond acceptors (Lipinski definition) is 3. The minimum atomic E-state index is -1.04. The quantitative estimate of drug-likeness (QED) is 0.394. The normalized spacial score (nSPS) is 11.3. The van der Waals surface area contributed by atoms with Crippen LogP contribution in [0.25, 0.3) is 0 Å². The SMILES string of the molecule is Cn1ccnc1C=NO[SiH](C)C. The highest BCUT2D eigenvalue weighted by molar-refractivity contribution is 6.48.